The summed E-state index contributed by atoms with van der Waals surface area (Å²) in [6.45, 7) is 0.377. The van der Waals surface area contributed by atoms with Crippen molar-refractivity contribution in [2.45, 2.75) is 6.61 Å². The minimum absolute atomic E-state index is 0. The third-order valence-electron chi connectivity index (χ3n) is 1.98. The van der Waals surface area contributed by atoms with Crippen LogP contribution in [0.15, 0.2) is 48.5 Å². The van der Waals surface area contributed by atoms with E-state index in [1.165, 1.54) is 12.1 Å². The number of hydrogen-bond acceptors (Lipinski definition) is 1. The quantitative estimate of drug-likeness (QED) is 0.565. The molecule has 0 saturated heterocycles. The summed E-state index contributed by atoms with van der Waals surface area (Å²) in [4.78, 5) is 0. The van der Waals surface area contributed by atoms with Gasteiger partial charge < -0.3 is 21.7 Å². The second-order valence-corrected chi connectivity index (χ2v) is 3.15. The summed E-state index contributed by atoms with van der Waals surface area (Å²) in [6.07, 6.45) is 0. The fraction of sp³-hybridized carbons (Fsp3) is 0.0769. The standard InChI is InChI=1S/C13H10FO.BrH.Mg/c14-12-6-4-5-11(9-12)10-15-13-7-2-1-3-8-13;;/h2-9H,10H2;1H;/q-1;;+2/p-1. The second kappa shape index (κ2) is 8.50. The largest absolute Gasteiger partial charge is 2.00 e. The van der Waals surface area contributed by atoms with E-state index < -0.39 is 0 Å². The zero-order chi connectivity index (χ0) is 10.5. The van der Waals surface area contributed by atoms with Crippen LogP contribution >= 0.6 is 0 Å². The van der Waals surface area contributed by atoms with Gasteiger partial charge in [0, 0.05) is 5.75 Å². The van der Waals surface area contributed by atoms with E-state index >= 15 is 0 Å². The van der Waals surface area contributed by atoms with Crippen LogP contribution in [0.3, 0.4) is 0 Å². The Kier molecular flexibility index (Phi) is 8.21. The molecule has 2 aromatic carbocycles. The molecule has 0 fully saturated rings. The van der Waals surface area contributed by atoms with Crippen LogP contribution < -0.4 is 21.7 Å². The van der Waals surface area contributed by atoms with E-state index in [1.807, 2.05) is 18.2 Å². The Balaban J connectivity index is 0.00000128. The first-order valence-electron chi connectivity index (χ1n) is 4.68. The topological polar surface area (TPSA) is 9.23 Å². The van der Waals surface area contributed by atoms with Crippen LogP contribution in [-0.2, 0) is 6.61 Å². The van der Waals surface area contributed by atoms with Crippen LogP contribution in [0.2, 0.25) is 0 Å². The fourth-order valence-corrected chi connectivity index (χ4v) is 1.26. The first-order chi connectivity index (χ1) is 7.34. The third-order valence-corrected chi connectivity index (χ3v) is 1.98. The summed E-state index contributed by atoms with van der Waals surface area (Å²) in [5.74, 6) is 0.524. The van der Waals surface area contributed by atoms with E-state index in [9.17, 15) is 4.39 Å². The number of benzene rings is 2. The van der Waals surface area contributed by atoms with Crippen molar-refractivity contribution in [2.75, 3.05) is 0 Å². The molecule has 17 heavy (non-hydrogen) atoms. The van der Waals surface area contributed by atoms with Crippen molar-refractivity contribution in [1.29, 1.82) is 0 Å². The molecule has 0 spiro atoms. The van der Waals surface area contributed by atoms with Crippen molar-refractivity contribution in [2.24, 2.45) is 0 Å². The summed E-state index contributed by atoms with van der Waals surface area (Å²) in [5, 5.41) is 0. The van der Waals surface area contributed by atoms with Crippen molar-refractivity contribution in [1.82, 2.24) is 0 Å². The Morgan fingerprint density at radius 2 is 1.82 bits per heavy atom. The molecule has 0 N–H and O–H groups in total. The normalized spacial score (nSPS) is 8.76. The average molecular weight is 305 g/mol. The number of rotatable bonds is 3. The predicted molar refractivity (Wildman–Crippen MR) is 61.8 cm³/mol. The molecule has 0 saturated carbocycles. The van der Waals surface area contributed by atoms with E-state index in [0.29, 0.717) is 6.61 Å². The molecule has 0 radical (unpaired) electrons. The minimum atomic E-state index is -0.238. The molecule has 0 bridgehead atoms. The molecule has 0 aliphatic carbocycles. The Morgan fingerprint density at radius 3 is 2.47 bits per heavy atom. The van der Waals surface area contributed by atoms with Gasteiger partial charge in [0.15, 0.2) is 0 Å². The monoisotopic (exact) mass is 304 g/mol. The van der Waals surface area contributed by atoms with Gasteiger partial charge in [-0.05, 0) is 17.7 Å². The first-order valence-corrected chi connectivity index (χ1v) is 4.68. The molecule has 0 aromatic heterocycles. The van der Waals surface area contributed by atoms with Gasteiger partial charge in [0.05, 0.1) is 0 Å². The maximum absolute atomic E-state index is 12.8. The molecule has 0 amide bonds. The van der Waals surface area contributed by atoms with Crippen LogP contribution in [0.25, 0.3) is 0 Å². The Labute approximate surface area is 127 Å². The van der Waals surface area contributed by atoms with Gasteiger partial charge in [0.1, 0.15) is 12.4 Å². The van der Waals surface area contributed by atoms with Crippen LogP contribution in [0.1, 0.15) is 5.56 Å². The fourth-order valence-electron chi connectivity index (χ4n) is 1.26. The van der Waals surface area contributed by atoms with Gasteiger partial charge >= 0.3 is 23.1 Å². The molecule has 4 heteroatoms. The van der Waals surface area contributed by atoms with Crippen molar-refractivity contribution in [3.8, 4) is 5.75 Å². The zero-order valence-electron chi connectivity index (χ0n) is 9.20. The third kappa shape index (κ3) is 5.52. The van der Waals surface area contributed by atoms with Crippen LogP contribution in [-0.4, -0.2) is 23.1 Å². The number of hydrogen-bond donors (Lipinski definition) is 0. The molecule has 84 valence electrons. The van der Waals surface area contributed by atoms with Gasteiger partial charge in [-0.1, -0.05) is 12.1 Å². The van der Waals surface area contributed by atoms with Crippen LogP contribution in [0, 0.1) is 11.9 Å². The van der Waals surface area contributed by atoms with E-state index in [2.05, 4.69) is 6.07 Å². The van der Waals surface area contributed by atoms with Gasteiger partial charge in [-0.25, -0.2) is 4.39 Å². The maximum Gasteiger partial charge on any atom is 2.00 e. The van der Waals surface area contributed by atoms with Crippen LogP contribution in [0.4, 0.5) is 4.39 Å². The molecule has 1 nitrogen and oxygen atoms in total. The molecule has 0 aliphatic heterocycles. The minimum Gasteiger partial charge on any atom is -1.00 e. The van der Waals surface area contributed by atoms with Crippen molar-refractivity contribution >= 4 is 23.1 Å². The Morgan fingerprint density at radius 1 is 1.12 bits per heavy atom. The SMILES string of the molecule is Fc1cccc(COc2cc[c-]cc2)c1.[Br-].[Mg+2]. The summed E-state index contributed by atoms with van der Waals surface area (Å²) in [7, 11) is 0. The summed E-state index contributed by atoms with van der Waals surface area (Å²) < 4.78 is 18.3. The van der Waals surface area contributed by atoms with Gasteiger partial charge in [-0.15, -0.1) is 12.1 Å². The van der Waals surface area contributed by atoms with Crippen LogP contribution in [0.5, 0.6) is 5.75 Å². The molecule has 0 aliphatic rings. The van der Waals surface area contributed by atoms with Crippen molar-refractivity contribution in [3.63, 3.8) is 0 Å². The smallest absolute Gasteiger partial charge is 1.00 e. The van der Waals surface area contributed by atoms with E-state index in [1.54, 1.807) is 18.2 Å². The predicted octanol–water partition coefficient (Wildman–Crippen LogP) is -0.172. The Hall–Kier alpha value is -0.584. The zero-order valence-corrected chi connectivity index (χ0v) is 12.2. The molecule has 0 heterocycles. The number of ether oxygens (including phenoxy) is 1. The Bertz CT molecular complexity index is 436. The molecule has 2 aromatic rings. The van der Waals surface area contributed by atoms with Crippen molar-refractivity contribution in [3.05, 3.63) is 66.0 Å². The van der Waals surface area contributed by atoms with Gasteiger partial charge in [0.2, 0.25) is 0 Å². The van der Waals surface area contributed by atoms with Gasteiger partial charge in [-0.2, -0.15) is 18.2 Å². The van der Waals surface area contributed by atoms with Crippen molar-refractivity contribution < 1.29 is 26.1 Å². The van der Waals surface area contributed by atoms with E-state index in [4.69, 9.17) is 4.74 Å². The number of halogens is 2. The molecular formula is C13H10BrFMgO. The molecule has 2 rings (SSSR count). The van der Waals surface area contributed by atoms with Gasteiger partial charge in [0.25, 0.3) is 0 Å². The average Bonchev–Trinajstić information content (AvgIpc) is 2.28. The maximum atomic E-state index is 12.8. The molecule has 0 atom stereocenters. The van der Waals surface area contributed by atoms with E-state index in [0.717, 1.165) is 11.3 Å². The summed E-state index contributed by atoms with van der Waals surface area (Å²) in [6, 6.07) is 16.5. The summed E-state index contributed by atoms with van der Waals surface area (Å²) in [5.41, 5.74) is 0.822. The summed E-state index contributed by atoms with van der Waals surface area (Å²) >= 11 is 0. The van der Waals surface area contributed by atoms with E-state index in [-0.39, 0.29) is 45.9 Å². The molecular weight excluding hydrogens is 295 g/mol. The van der Waals surface area contributed by atoms with Gasteiger partial charge in [-0.3, -0.25) is 0 Å². The second-order valence-electron chi connectivity index (χ2n) is 3.15. The first kappa shape index (κ1) is 16.4. The molecule has 0 unspecified atom stereocenters.